The van der Waals surface area contributed by atoms with Gasteiger partial charge in [-0.25, -0.2) is 13.1 Å². The molecule has 3 N–H and O–H groups in total. The van der Waals surface area contributed by atoms with Crippen LogP contribution in [0.3, 0.4) is 0 Å². The highest BCUT2D eigenvalue weighted by Crippen LogP contribution is 2.27. The highest BCUT2D eigenvalue weighted by Gasteiger charge is 2.29. The van der Waals surface area contributed by atoms with Gasteiger partial charge in [0.1, 0.15) is 4.90 Å². The molecular weight excluding hydrogens is 468 g/mol. The Morgan fingerprint density at radius 3 is 2.27 bits per heavy atom. The summed E-state index contributed by atoms with van der Waals surface area (Å²) in [6, 6.07) is 10.7. The molecule has 2 aromatic rings. The fourth-order valence-electron chi connectivity index (χ4n) is 3.34. The van der Waals surface area contributed by atoms with E-state index in [2.05, 4.69) is 15.4 Å². The molecule has 0 atom stereocenters. The van der Waals surface area contributed by atoms with Crippen LogP contribution in [0.15, 0.2) is 47.4 Å². The third-order valence-corrected chi connectivity index (χ3v) is 7.28. The summed E-state index contributed by atoms with van der Waals surface area (Å²) in [4.78, 5) is 26.8. The summed E-state index contributed by atoms with van der Waals surface area (Å²) in [6.07, 6.45) is 1.58. The lowest BCUT2D eigenvalue weighted by atomic mass is 10.2. The summed E-state index contributed by atoms with van der Waals surface area (Å²) >= 11 is 6.08. The molecule has 1 aliphatic carbocycles. The van der Waals surface area contributed by atoms with Crippen molar-refractivity contribution in [3.8, 4) is 0 Å². The van der Waals surface area contributed by atoms with E-state index in [1.807, 2.05) is 4.90 Å². The molecule has 0 spiro atoms. The number of nitrogens with one attached hydrogen (secondary N) is 3. The van der Waals surface area contributed by atoms with E-state index < -0.39 is 15.9 Å². The number of sulfonamides is 1. The van der Waals surface area contributed by atoms with E-state index in [-0.39, 0.29) is 27.4 Å². The molecule has 1 heterocycles. The number of benzene rings is 2. The van der Waals surface area contributed by atoms with Crippen LogP contribution in [-0.4, -0.2) is 64.0 Å². The van der Waals surface area contributed by atoms with E-state index in [4.69, 9.17) is 16.3 Å². The van der Waals surface area contributed by atoms with Gasteiger partial charge in [-0.2, -0.15) is 0 Å². The number of anilines is 2. The predicted molar refractivity (Wildman–Crippen MR) is 125 cm³/mol. The van der Waals surface area contributed by atoms with Gasteiger partial charge in [0, 0.05) is 36.1 Å². The second kappa shape index (κ2) is 10.2. The lowest BCUT2D eigenvalue weighted by Crippen LogP contribution is -2.41. The Labute approximate surface area is 197 Å². The second-order valence-electron chi connectivity index (χ2n) is 8.01. The van der Waals surface area contributed by atoms with E-state index >= 15 is 0 Å². The third kappa shape index (κ3) is 6.52. The minimum atomic E-state index is -3.80. The first kappa shape index (κ1) is 23.7. The Kier molecular flexibility index (Phi) is 7.30. The van der Waals surface area contributed by atoms with Crippen molar-refractivity contribution in [1.82, 2.24) is 9.62 Å². The minimum Gasteiger partial charge on any atom is -0.379 e. The quantitative estimate of drug-likeness (QED) is 0.520. The maximum atomic E-state index is 12.7. The normalized spacial score (nSPS) is 16.9. The van der Waals surface area contributed by atoms with Crippen molar-refractivity contribution in [3.05, 3.63) is 53.1 Å². The lowest BCUT2D eigenvalue weighted by molar-refractivity contribution is -0.118. The summed E-state index contributed by atoms with van der Waals surface area (Å²) in [6.45, 7) is 2.99. The van der Waals surface area contributed by atoms with Gasteiger partial charge < -0.3 is 15.4 Å². The number of carbonyl (C=O) groups is 2. The number of rotatable bonds is 8. The van der Waals surface area contributed by atoms with Gasteiger partial charge in [0.15, 0.2) is 0 Å². The summed E-state index contributed by atoms with van der Waals surface area (Å²) < 4.78 is 32.9. The van der Waals surface area contributed by atoms with E-state index in [0.29, 0.717) is 31.1 Å². The lowest BCUT2D eigenvalue weighted by Gasteiger charge is -2.25. The average Bonchev–Trinajstić information content (AvgIpc) is 3.59. The smallest absolute Gasteiger partial charge is 0.255 e. The monoisotopic (exact) mass is 492 g/mol. The first-order valence-corrected chi connectivity index (χ1v) is 12.5. The van der Waals surface area contributed by atoms with Gasteiger partial charge in [0.25, 0.3) is 5.91 Å². The maximum Gasteiger partial charge on any atom is 0.255 e. The van der Waals surface area contributed by atoms with Gasteiger partial charge in [0.05, 0.1) is 24.8 Å². The molecule has 0 aromatic heterocycles. The zero-order chi connectivity index (χ0) is 23.4. The van der Waals surface area contributed by atoms with Crippen molar-refractivity contribution in [2.75, 3.05) is 43.5 Å². The van der Waals surface area contributed by atoms with Crippen LogP contribution in [0, 0.1) is 0 Å². The van der Waals surface area contributed by atoms with E-state index in [1.165, 1.54) is 18.2 Å². The topological polar surface area (TPSA) is 117 Å². The van der Waals surface area contributed by atoms with Crippen LogP contribution < -0.4 is 15.4 Å². The zero-order valence-corrected chi connectivity index (χ0v) is 19.4. The van der Waals surface area contributed by atoms with E-state index in [0.717, 1.165) is 25.9 Å². The maximum absolute atomic E-state index is 12.7. The molecule has 2 fully saturated rings. The van der Waals surface area contributed by atoms with Crippen LogP contribution in [0.4, 0.5) is 11.4 Å². The van der Waals surface area contributed by atoms with Crippen LogP contribution in [0.25, 0.3) is 0 Å². The molecule has 176 valence electrons. The standard InChI is InChI=1S/C22H25ClN4O5S/c23-19-8-1-15(13-20(19)33(30,31)26-18-6-7-18)22(29)25-17-4-2-16(3-5-17)24-21(28)14-27-9-11-32-12-10-27/h1-5,8,13,18,26H,6-7,9-12,14H2,(H,24,28)(H,25,29). The van der Waals surface area contributed by atoms with Gasteiger partial charge in [-0.15, -0.1) is 0 Å². The van der Waals surface area contributed by atoms with Crippen LogP contribution >= 0.6 is 11.6 Å². The number of halogens is 1. The van der Waals surface area contributed by atoms with Crippen molar-refractivity contribution in [1.29, 1.82) is 0 Å². The summed E-state index contributed by atoms with van der Waals surface area (Å²) in [5.74, 6) is -0.595. The first-order chi connectivity index (χ1) is 15.8. The van der Waals surface area contributed by atoms with Crippen molar-refractivity contribution < 1.29 is 22.7 Å². The molecular formula is C22H25ClN4O5S. The Bertz CT molecular complexity index is 1130. The van der Waals surface area contributed by atoms with Gasteiger partial charge in [-0.1, -0.05) is 11.6 Å². The van der Waals surface area contributed by atoms with Crippen molar-refractivity contribution in [2.45, 2.75) is 23.8 Å². The Hall–Kier alpha value is -2.50. The number of hydrogen-bond acceptors (Lipinski definition) is 6. The van der Waals surface area contributed by atoms with Crippen LogP contribution in [0.2, 0.25) is 5.02 Å². The van der Waals surface area contributed by atoms with Gasteiger partial charge >= 0.3 is 0 Å². The predicted octanol–water partition coefficient (Wildman–Crippen LogP) is 2.30. The summed E-state index contributed by atoms with van der Waals surface area (Å²) in [7, 11) is -3.80. The molecule has 4 rings (SSSR count). The fourth-order valence-corrected chi connectivity index (χ4v) is 5.17. The number of amides is 2. The number of morpholine rings is 1. The third-order valence-electron chi connectivity index (χ3n) is 5.28. The molecule has 2 aliphatic rings. The van der Waals surface area contributed by atoms with Crippen molar-refractivity contribution in [2.24, 2.45) is 0 Å². The molecule has 0 unspecified atom stereocenters. The van der Waals surface area contributed by atoms with Crippen molar-refractivity contribution in [3.63, 3.8) is 0 Å². The van der Waals surface area contributed by atoms with Gasteiger partial charge in [-0.05, 0) is 55.3 Å². The van der Waals surface area contributed by atoms with Gasteiger partial charge in [-0.3, -0.25) is 14.5 Å². The minimum absolute atomic E-state index is 0.0527. The van der Waals surface area contributed by atoms with Crippen LogP contribution in [0.5, 0.6) is 0 Å². The highest BCUT2D eigenvalue weighted by atomic mass is 35.5. The number of carbonyl (C=O) groups excluding carboxylic acids is 2. The van der Waals surface area contributed by atoms with E-state index in [1.54, 1.807) is 24.3 Å². The SMILES string of the molecule is O=C(CN1CCOCC1)Nc1ccc(NC(=O)c2ccc(Cl)c(S(=O)(=O)NC3CC3)c2)cc1. The molecule has 1 saturated carbocycles. The molecule has 2 amide bonds. The Balaban J connectivity index is 1.36. The molecule has 33 heavy (non-hydrogen) atoms. The molecule has 0 radical (unpaired) electrons. The molecule has 2 aromatic carbocycles. The largest absolute Gasteiger partial charge is 0.379 e. The molecule has 1 aliphatic heterocycles. The summed E-state index contributed by atoms with van der Waals surface area (Å²) in [5.41, 5.74) is 1.28. The highest BCUT2D eigenvalue weighted by molar-refractivity contribution is 7.89. The van der Waals surface area contributed by atoms with Gasteiger partial charge in [0.2, 0.25) is 15.9 Å². The van der Waals surface area contributed by atoms with Crippen LogP contribution in [0.1, 0.15) is 23.2 Å². The number of nitrogens with zero attached hydrogens (tertiary/aromatic N) is 1. The van der Waals surface area contributed by atoms with Crippen molar-refractivity contribution >= 4 is 44.8 Å². The Morgan fingerprint density at radius 1 is 1.00 bits per heavy atom. The summed E-state index contributed by atoms with van der Waals surface area (Å²) in [5, 5.41) is 5.61. The second-order valence-corrected chi connectivity index (χ2v) is 10.1. The molecule has 1 saturated heterocycles. The molecule has 0 bridgehead atoms. The molecule has 9 nitrogen and oxygen atoms in total. The zero-order valence-electron chi connectivity index (χ0n) is 17.8. The first-order valence-electron chi connectivity index (χ1n) is 10.6. The van der Waals surface area contributed by atoms with E-state index in [9.17, 15) is 18.0 Å². The average molecular weight is 493 g/mol. The fraction of sp³-hybridized carbons (Fsp3) is 0.364. The number of ether oxygens (including phenoxy) is 1. The van der Waals surface area contributed by atoms with Crippen LogP contribution in [-0.2, 0) is 19.6 Å². The molecule has 11 heteroatoms. The Morgan fingerprint density at radius 2 is 1.64 bits per heavy atom. The number of hydrogen-bond donors (Lipinski definition) is 3.